The van der Waals surface area contributed by atoms with E-state index in [0.717, 1.165) is 51.7 Å². The molecule has 4 nitrogen and oxygen atoms in total. The smallest absolute Gasteiger partial charge is 0.273 e. The third-order valence-electron chi connectivity index (χ3n) is 10.8. The van der Waals surface area contributed by atoms with Gasteiger partial charge in [0, 0.05) is 30.6 Å². The van der Waals surface area contributed by atoms with Gasteiger partial charge in [0.1, 0.15) is 5.92 Å². The number of aromatic amines is 1. The molecule has 3 aromatic rings. The van der Waals surface area contributed by atoms with E-state index in [2.05, 4.69) is 63.7 Å². The van der Waals surface area contributed by atoms with Gasteiger partial charge >= 0.3 is 0 Å². The Labute approximate surface area is 261 Å². The topological polar surface area (TPSA) is 51.1 Å². The third-order valence-corrected chi connectivity index (χ3v) is 11.1. The third kappa shape index (κ3) is 5.51. The van der Waals surface area contributed by atoms with Crippen molar-refractivity contribution >= 4 is 28.3 Å². The number of H-pyrrole nitrogens is 1. The van der Waals surface area contributed by atoms with E-state index in [1.54, 1.807) is 0 Å². The summed E-state index contributed by atoms with van der Waals surface area (Å²) in [4.78, 5) is 20.6. The Kier molecular flexibility index (Phi) is 9.55. The highest BCUT2D eigenvalue weighted by molar-refractivity contribution is 6.28. The molecule has 7 rings (SSSR count). The lowest BCUT2D eigenvalue weighted by molar-refractivity contribution is -0.640. The molecule has 7 heteroatoms. The number of aryl methyl sites for hydroxylation is 1. The fourth-order valence-corrected chi connectivity index (χ4v) is 9.18. The van der Waals surface area contributed by atoms with E-state index in [4.69, 9.17) is 11.6 Å². The molecule has 41 heavy (non-hydrogen) atoms. The van der Waals surface area contributed by atoms with Crippen LogP contribution in [-0.4, -0.2) is 36.5 Å². The molecule has 2 aromatic carbocycles. The highest BCUT2D eigenvalue weighted by Gasteiger charge is 2.56. The van der Waals surface area contributed by atoms with Gasteiger partial charge in [0.2, 0.25) is 5.91 Å². The first kappa shape index (κ1) is 30.6. The van der Waals surface area contributed by atoms with Gasteiger partial charge in [-0.05, 0) is 84.4 Å². The summed E-state index contributed by atoms with van der Waals surface area (Å²) < 4.78 is 0. The zero-order valence-electron chi connectivity index (χ0n) is 23.8. The summed E-state index contributed by atoms with van der Waals surface area (Å²) in [5.41, 5.74) is 4.01. The number of quaternary nitrogens is 1. The molecule has 3 heterocycles. The number of nitrogens with zero attached hydrogens (tertiary/aromatic N) is 1. The van der Waals surface area contributed by atoms with Gasteiger partial charge in [-0.2, -0.15) is 4.98 Å². The lowest BCUT2D eigenvalue weighted by Crippen LogP contribution is -3.00. The minimum atomic E-state index is -0.0741. The quantitative estimate of drug-likeness (QED) is 0.396. The number of benzene rings is 2. The maximum absolute atomic E-state index is 14.7. The van der Waals surface area contributed by atoms with E-state index < -0.39 is 0 Å². The second-order valence-electron chi connectivity index (χ2n) is 12.8. The molecule has 3 fully saturated rings. The van der Waals surface area contributed by atoms with Crippen LogP contribution in [0.4, 0.5) is 0 Å². The van der Waals surface area contributed by atoms with E-state index in [1.165, 1.54) is 59.7 Å². The van der Waals surface area contributed by atoms with Crippen molar-refractivity contribution in [3.05, 3.63) is 76.6 Å². The molecule has 0 bridgehead atoms. The Morgan fingerprint density at radius 3 is 2.61 bits per heavy atom. The Hall–Kier alpha value is -1.85. The minimum absolute atomic E-state index is 0. The Morgan fingerprint density at radius 1 is 0.951 bits per heavy atom. The van der Waals surface area contributed by atoms with Crippen molar-refractivity contribution < 1.29 is 39.9 Å². The summed E-state index contributed by atoms with van der Waals surface area (Å²) in [6, 6.07) is 20.2. The van der Waals surface area contributed by atoms with E-state index >= 15 is 0 Å². The summed E-state index contributed by atoms with van der Waals surface area (Å²) in [5.74, 6) is 1.63. The Morgan fingerprint density at radius 2 is 1.76 bits per heavy atom. The van der Waals surface area contributed by atoms with E-state index in [1.807, 2.05) is 6.07 Å². The molecule has 2 aliphatic heterocycles. The first-order chi connectivity index (χ1) is 19.1. The van der Waals surface area contributed by atoms with Crippen molar-refractivity contribution in [2.45, 2.75) is 81.6 Å². The predicted molar refractivity (Wildman–Crippen MR) is 156 cm³/mol. The number of amides is 1. The molecule has 0 radical (unpaired) electrons. The Bertz CT molecular complexity index is 1370. The summed E-state index contributed by atoms with van der Waals surface area (Å²) in [7, 11) is 0. The highest BCUT2D eigenvalue weighted by atomic mass is 35.5. The molecule has 2 saturated heterocycles. The first-order valence-electron chi connectivity index (χ1n) is 15.4. The predicted octanol–water partition coefficient (Wildman–Crippen LogP) is -0.562. The molecule has 4 atom stereocenters. The van der Waals surface area contributed by atoms with Gasteiger partial charge in [0.05, 0.1) is 18.5 Å². The fourth-order valence-electron chi connectivity index (χ4n) is 9.00. The molecule has 2 aliphatic carbocycles. The maximum atomic E-state index is 14.7. The molecule has 2 unspecified atom stereocenters. The van der Waals surface area contributed by atoms with Gasteiger partial charge in [0.15, 0.2) is 5.69 Å². The number of likely N-dealkylation sites (tertiary alicyclic amines) is 1. The molecular formula is C34H42Cl3N3O. The molecule has 1 spiro atoms. The molecule has 4 aliphatic rings. The lowest BCUT2D eigenvalue weighted by atomic mass is 9.64. The van der Waals surface area contributed by atoms with Gasteiger partial charge in [0.25, 0.3) is 5.15 Å². The summed E-state index contributed by atoms with van der Waals surface area (Å²) >= 11 is 6.36. The first-order valence-corrected chi connectivity index (χ1v) is 15.8. The molecular weight excluding hydrogens is 573 g/mol. The molecule has 1 saturated carbocycles. The number of halogens is 3. The number of carbonyl (C=O) groups excluding carboxylic acids is 1. The minimum Gasteiger partial charge on any atom is -1.00 e. The molecule has 1 amide bonds. The van der Waals surface area contributed by atoms with Crippen molar-refractivity contribution in [1.82, 2.24) is 4.90 Å². The number of nitrogens with two attached hydrogens (primary N) is 1. The zero-order valence-corrected chi connectivity index (χ0v) is 26.0. The van der Waals surface area contributed by atoms with E-state index in [9.17, 15) is 4.79 Å². The van der Waals surface area contributed by atoms with Crippen LogP contribution >= 0.6 is 11.6 Å². The molecule has 3 N–H and O–H groups in total. The van der Waals surface area contributed by atoms with Crippen LogP contribution < -0.4 is 35.1 Å². The average Bonchev–Trinajstić information content (AvgIpc) is 3.40. The van der Waals surface area contributed by atoms with Crippen LogP contribution in [0.3, 0.4) is 0 Å². The number of carbonyl (C=O) groups is 1. The SMILES string of the molecule is O=C([C@@H]1C[NH2+]C[C@]12CCCc1[nH+]c(Cl)ccc12)N1CCC(c2cccc3ccccc23)CC1C1CCCCC1.[Cl-].[Cl-]. The number of fused-ring (bicyclic) bond motifs is 3. The van der Waals surface area contributed by atoms with Crippen molar-refractivity contribution in [3.8, 4) is 0 Å². The summed E-state index contributed by atoms with van der Waals surface area (Å²) in [6.45, 7) is 2.80. The summed E-state index contributed by atoms with van der Waals surface area (Å²) in [6.07, 6.45) is 11.9. The van der Waals surface area contributed by atoms with Crippen molar-refractivity contribution in [1.29, 1.82) is 0 Å². The standard InChI is InChI=1S/C34H40ClN3O.2ClH/c35-32-16-15-28-30(37-32)14-7-18-34(28)22-36-21-29(34)33(39)38-19-17-25(20-31(38)24-9-2-1-3-10-24)27-13-6-11-23-8-4-5-12-26(23)27;;/h4-6,8,11-13,15-16,24-25,29,31,36H,1-3,7,9-10,14,17-22H2;2*1H/t25?,29-,31?,34-;;/m0../s1. The van der Waals surface area contributed by atoms with Crippen molar-refractivity contribution in [3.63, 3.8) is 0 Å². The monoisotopic (exact) mass is 613 g/mol. The maximum Gasteiger partial charge on any atom is 0.273 e. The lowest BCUT2D eigenvalue weighted by Gasteiger charge is -2.47. The van der Waals surface area contributed by atoms with E-state index in [0.29, 0.717) is 28.9 Å². The number of nitrogens with one attached hydrogen (secondary N) is 1. The van der Waals surface area contributed by atoms with Crippen LogP contribution in [0.5, 0.6) is 0 Å². The highest BCUT2D eigenvalue weighted by Crippen LogP contribution is 2.46. The second-order valence-corrected chi connectivity index (χ2v) is 13.2. The van der Waals surface area contributed by atoms with Gasteiger partial charge in [-0.25, -0.2) is 0 Å². The van der Waals surface area contributed by atoms with Crippen LogP contribution in [0.1, 0.15) is 80.5 Å². The van der Waals surface area contributed by atoms with Gasteiger partial charge in [-0.15, -0.1) is 0 Å². The van der Waals surface area contributed by atoms with Gasteiger partial charge < -0.3 is 35.0 Å². The van der Waals surface area contributed by atoms with E-state index in [-0.39, 0.29) is 36.1 Å². The number of rotatable bonds is 3. The second kappa shape index (κ2) is 12.8. The average molecular weight is 615 g/mol. The number of piperidine rings is 1. The number of hydrogen-bond acceptors (Lipinski definition) is 1. The largest absolute Gasteiger partial charge is 1.00 e. The molecule has 1 aromatic heterocycles. The normalized spacial score (nSPS) is 28.1. The van der Waals surface area contributed by atoms with Gasteiger partial charge in [-0.3, -0.25) is 4.79 Å². The number of hydrogen-bond donors (Lipinski definition) is 1. The van der Waals surface area contributed by atoms with Crippen LogP contribution in [-0.2, 0) is 16.6 Å². The van der Waals surface area contributed by atoms with Crippen LogP contribution in [0.2, 0.25) is 5.15 Å². The number of pyridine rings is 1. The van der Waals surface area contributed by atoms with Crippen LogP contribution in [0.25, 0.3) is 10.8 Å². The van der Waals surface area contributed by atoms with Gasteiger partial charge in [-0.1, -0.05) is 61.7 Å². The van der Waals surface area contributed by atoms with Crippen LogP contribution in [0.15, 0.2) is 54.6 Å². The summed E-state index contributed by atoms with van der Waals surface area (Å²) in [5, 5.41) is 5.83. The zero-order chi connectivity index (χ0) is 26.4. The molecule has 220 valence electrons. The Balaban J connectivity index is 0.00000169. The fraction of sp³-hybridized carbons (Fsp3) is 0.529. The van der Waals surface area contributed by atoms with Crippen molar-refractivity contribution in [2.24, 2.45) is 11.8 Å². The van der Waals surface area contributed by atoms with Crippen molar-refractivity contribution in [2.75, 3.05) is 19.6 Å². The van der Waals surface area contributed by atoms with Crippen LogP contribution in [0, 0.1) is 11.8 Å². The number of aromatic nitrogens is 1.